The lowest BCUT2D eigenvalue weighted by Gasteiger charge is -2.33. The van der Waals surface area contributed by atoms with Crippen molar-refractivity contribution in [2.45, 2.75) is 76.4 Å². The fraction of sp³-hybridized carbons (Fsp3) is 1.00. The van der Waals surface area contributed by atoms with Gasteiger partial charge in [0, 0.05) is 6.42 Å². The third-order valence-corrected chi connectivity index (χ3v) is 3.83. The summed E-state index contributed by atoms with van der Waals surface area (Å²) >= 11 is 4.71. The molecule has 3 heteroatoms. The lowest BCUT2D eigenvalue weighted by Crippen LogP contribution is -2.41. The van der Waals surface area contributed by atoms with Crippen LogP contribution in [0.3, 0.4) is 0 Å². The van der Waals surface area contributed by atoms with Crippen LogP contribution in [0.4, 0.5) is 0 Å². The van der Waals surface area contributed by atoms with Gasteiger partial charge in [-0.1, -0.05) is 33.1 Å². The molecule has 1 rings (SSSR count). The zero-order valence-corrected chi connectivity index (χ0v) is 11.8. The van der Waals surface area contributed by atoms with Crippen LogP contribution in [-0.4, -0.2) is 23.7 Å². The van der Waals surface area contributed by atoms with E-state index >= 15 is 0 Å². The first-order valence-corrected chi connectivity index (χ1v) is 7.16. The molecule has 0 aliphatic carbocycles. The molecule has 2 nitrogen and oxygen atoms in total. The van der Waals surface area contributed by atoms with E-state index in [9.17, 15) is 0 Å². The fourth-order valence-corrected chi connectivity index (χ4v) is 2.63. The molecule has 3 atom stereocenters. The van der Waals surface area contributed by atoms with E-state index in [-0.39, 0.29) is 11.4 Å². The Morgan fingerprint density at radius 2 is 2.00 bits per heavy atom. The summed E-state index contributed by atoms with van der Waals surface area (Å²) in [5.41, 5.74) is 0. The summed E-state index contributed by atoms with van der Waals surface area (Å²) in [6, 6.07) is 0. The molecule has 1 saturated heterocycles. The van der Waals surface area contributed by atoms with Gasteiger partial charge in [-0.3, -0.25) is 0 Å². The van der Waals surface area contributed by atoms with Crippen LogP contribution in [-0.2, 0) is 9.47 Å². The quantitative estimate of drug-likeness (QED) is 0.689. The second-order valence-electron chi connectivity index (χ2n) is 4.81. The highest BCUT2D eigenvalue weighted by Gasteiger charge is 2.44. The lowest BCUT2D eigenvalue weighted by molar-refractivity contribution is -0.172. The maximum absolute atomic E-state index is 6.01. The molecule has 1 fully saturated rings. The molecule has 0 spiro atoms. The van der Waals surface area contributed by atoms with E-state index in [4.69, 9.17) is 22.1 Å². The monoisotopic (exact) mass is 246 g/mol. The first kappa shape index (κ1) is 14.3. The number of rotatable bonds is 7. The Hall–Kier alpha value is 0.270. The Kier molecular flexibility index (Phi) is 6.16. The van der Waals surface area contributed by atoms with E-state index in [0.717, 1.165) is 19.3 Å². The molecule has 1 aliphatic rings. The molecule has 96 valence electrons. The van der Waals surface area contributed by atoms with Crippen molar-refractivity contribution in [2.24, 2.45) is 0 Å². The van der Waals surface area contributed by atoms with E-state index < -0.39 is 5.79 Å². The predicted octanol–water partition coefficient (Wildman–Crippen LogP) is 3.80. The maximum Gasteiger partial charge on any atom is 0.180 e. The smallest absolute Gasteiger partial charge is 0.180 e. The molecular weight excluding hydrogens is 220 g/mol. The number of hydrogen-bond donors (Lipinski definition) is 1. The molecule has 0 radical (unpaired) electrons. The van der Waals surface area contributed by atoms with Gasteiger partial charge in [0.25, 0.3) is 0 Å². The minimum Gasteiger partial charge on any atom is -0.346 e. The van der Waals surface area contributed by atoms with Crippen LogP contribution in [0.1, 0.15) is 59.3 Å². The summed E-state index contributed by atoms with van der Waals surface area (Å²) in [7, 11) is 0. The van der Waals surface area contributed by atoms with Crippen molar-refractivity contribution in [2.75, 3.05) is 6.61 Å². The second kappa shape index (κ2) is 6.87. The van der Waals surface area contributed by atoms with E-state index in [2.05, 4.69) is 20.8 Å². The predicted molar refractivity (Wildman–Crippen MR) is 71.1 cm³/mol. The molecule has 1 aliphatic heterocycles. The summed E-state index contributed by atoms with van der Waals surface area (Å²) < 4.78 is 11.9. The molecular formula is C13H26O2S. The van der Waals surface area contributed by atoms with Gasteiger partial charge in [-0.25, -0.2) is 0 Å². The van der Waals surface area contributed by atoms with E-state index in [0.29, 0.717) is 6.61 Å². The first-order chi connectivity index (χ1) is 7.64. The van der Waals surface area contributed by atoms with Crippen LogP contribution in [0.2, 0.25) is 0 Å². The molecule has 0 amide bonds. The van der Waals surface area contributed by atoms with Gasteiger partial charge in [-0.05, 0) is 19.8 Å². The Morgan fingerprint density at radius 3 is 2.50 bits per heavy atom. The van der Waals surface area contributed by atoms with E-state index in [1.807, 2.05) is 0 Å². The van der Waals surface area contributed by atoms with Crippen molar-refractivity contribution < 1.29 is 9.47 Å². The van der Waals surface area contributed by atoms with Crippen molar-refractivity contribution in [3.05, 3.63) is 0 Å². The standard InChI is InChI=1S/C13H26O2S/c1-4-6-8-12(16)13(9-7-5-2)14-10-11(3)15-13/h11-12,16H,4-10H2,1-3H3. The highest BCUT2D eigenvalue weighted by Crippen LogP contribution is 2.37. The van der Waals surface area contributed by atoms with Crippen molar-refractivity contribution in [1.29, 1.82) is 0 Å². The van der Waals surface area contributed by atoms with Gasteiger partial charge < -0.3 is 9.47 Å². The largest absolute Gasteiger partial charge is 0.346 e. The van der Waals surface area contributed by atoms with Crippen molar-refractivity contribution >= 4 is 12.6 Å². The van der Waals surface area contributed by atoms with Crippen molar-refractivity contribution in [1.82, 2.24) is 0 Å². The van der Waals surface area contributed by atoms with Crippen LogP contribution in [0.5, 0.6) is 0 Å². The number of hydrogen-bond acceptors (Lipinski definition) is 3. The van der Waals surface area contributed by atoms with E-state index in [1.54, 1.807) is 0 Å². The third kappa shape index (κ3) is 3.64. The van der Waals surface area contributed by atoms with Crippen LogP contribution in [0.25, 0.3) is 0 Å². The summed E-state index contributed by atoms with van der Waals surface area (Å²) in [4.78, 5) is 0. The average molecular weight is 246 g/mol. The van der Waals surface area contributed by atoms with Gasteiger partial charge in [0.1, 0.15) is 0 Å². The molecule has 3 unspecified atom stereocenters. The summed E-state index contributed by atoms with van der Waals surface area (Å²) in [6.07, 6.45) is 7.00. The topological polar surface area (TPSA) is 18.5 Å². The lowest BCUT2D eigenvalue weighted by atomic mass is 10.0. The molecule has 0 bridgehead atoms. The fourth-order valence-electron chi connectivity index (χ4n) is 2.18. The summed E-state index contributed by atoms with van der Waals surface area (Å²) in [5, 5.41) is 0.212. The Labute approximate surface area is 105 Å². The van der Waals surface area contributed by atoms with Gasteiger partial charge in [-0.15, -0.1) is 0 Å². The average Bonchev–Trinajstić information content (AvgIpc) is 2.66. The SMILES string of the molecule is CCCCC(S)C1(CCCC)OCC(C)O1. The highest BCUT2D eigenvalue weighted by molar-refractivity contribution is 7.81. The molecule has 0 aromatic carbocycles. The van der Waals surface area contributed by atoms with Gasteiger partial charge in [0.15, 0.2) is 5.79 Å². The Bertz CT molecular complexity index is 198. The molecule has 0 aromatic rings. The van der Waals surface area contributed by atoms with Crippen molar-refractivity contribution in [3.63, 3.8) is 0 Å². The van der Waals surface area contributed by atoms with Crippen molar-refractivity contribution in [3.8, 4) is 0 Å². The summed E-state index contributed by atoms with van der Waals surface area (Å²) in [6.45, 7) is 7.20. The summed E-state index contributed by atoms with van der Waals surface area (Å²) in [5.74, 6) is -0.409. The van der Waals surface area contributed by atoms with Crippen LogP contribution in [0.15, 0.2) is 0 Å². The number of ether oxygens (including phenoxy) is 2. The van der Waals surface area contributed by atoms with Crippen LogP contribution in [0, 0.1) is 0 Å². The van der Waals surface area contributed by atoms with Crippen LogP contribution < -0.4 is 0 Å². The molecule has 16 heavy (non-hydrogen) atoms. The van der Waals surface area contributed by atoms with Gasteiger partial charge >= 0.3 is 0 Å². The molecule has 0 N–H and O–H groups in total. The maximum atomic E-state index is 6.01. The highest BCUT2D eigenvalue weighted by atomic mass is 32.1. The minimum atomic E-state index is -0.409. The van der Waals surface area contributed by atoms with Gasteiger partial charge in [0.05, 0.1) is 18.0 Å². The molecule has 1 heterocycles. The third-order valence-electron chi connectivity index (χ3n) is 3.18. The van der Waals surface area contributed by atoms with Gasteiger partial charge in [-0.2, -0.15) is 12.6 Å². The minimum absolute atomic E-state index is 0.212. The zero-order valence-electron chi connectivity index (χ0n) is 10.9. The molecule has 0 aromatic heterocycles. The second-order valence-corrected chi connectivity index (χ2v) is 5.44. The number of unbranched alkanes of at least 4 members (excludes halogenated alkanes) is 2. The van der Waals surface area contributed by atoms with Crippen LogP contribution >= 0.6 is 12.6 Å². The molecule has 0 saturated carbocycles. The normalized spacial score (nSPS) is 31.9. The Morgan fingerprint density at radius 1 is 1.31 bits per heavy atom. The van der Waals surface area contributed by atoms with E-state index in [1.165, 1.54) is 19.3 Å². The first-order valence-electron chi connectivity index (χ1n) is 6.64. The Balaban J connectivity index is 2.55. The van der Waals surface area contributed by atoms with Gasteiger partial charge in [0.2, 0.25) is 0 Å². The zero-order chi connectivity index (χ0) is 12.0. The number of thiol groups is 1.